The minimum absolute atomic E-state index is 0.186. The summed E-state index contributed by atoms with van der Waals surface area (Å²) in [4.78, 5) is 26.7. The zero-order valence-corrected chi connectivity index (χ0v) is 20.3. The van der Waals surface area contributed by atoms with Crippen LogP contribution in [-0.4, -0.2) is 42.9 Å². The third-order valence-electron chi connectivity index (χ3n) is 4.63. The molecule has 0 aliphatic carbocycles. The minimum atomic E-state index is -0.330. The van der Waals surface area contributed by atoms with E-state index >= 15 is 0 Å². The van der Waals surface area contributed by atoms with Crippen molar-refractivity contribution in [3.05, 3.63) is 56.4 Å². The van der Waals surface area contributed by atoms with Gasteiger partial charge in [-0.3, -0.25) is 14.5 Å². The Kier molecular flexibility index (Phi) is 7.67. The van der Waals surface area contributed by atoms with Gasteiger partial charge in [-0.25, -0.2) is 0 Å². The van der Waals surface area contributed by atoms with E-state index in [1.807, 2.05) is 45.0 Å². The number of carbonyl (C=O) groups is 2. The molecule has 0 bridgehead atoms. The van der Waals surface area contributed by atoms with E-state index in [0.29, 0.717) is 27.5 Å². The number of hydrogen-bond acceptors (Lipinski definition) is 6. The maximum atomic E-state index is 12.8. The van der Waals surface area contributed by atoms with Crippen LogP contribution in [-0.2, 0) is 4.79 Å². The van der Waals surface area contributed by atoms with E-state index in [0.717, 1.165) is 34.2 Å². The molecule has 0 saturated carbocycles. The smallest absolute Gasteiger partial charge is 0.293 e. The molecule has 31 heavy (non-hydrogen) atoms. The predicted octanol–water partition coefficient (Wildman–Crippen LogP) is 5.59. The van der Waals surface area contributed by atoms with E-state index in [1.54, 1.807) is 19.3 Å². The van der Waals surface area contributed by atoms with E-state index in [1.165, 1.54) is 4.90 Å². The van der Waals surface area contributed by atoms with Crippen LogP contribution in [0, 0.1) is 13.8 Å². The van der Waals surface area contributed by atoms with Gasteiger partial charge in [0.15, 0.2) is 11.5 Å². The van der Waals surface area contributed by atoms with Gasteiger partial charge in [0, 0.05) is 0 Å². The third kappa shape index (κ3) is 5.43. The molecule has 0 radical (unpaired) electrons. The second-order valence-corrected chi connectivity index (χ2v) is 8.77. The molecular weight excluding hydrogens is 482 g/mol. The van der Waals surface area contributed by atoms with Crippen LogP contribution in [0.25, 0.3) is 6.08 Å². The summed E-state index contributed by atoms with van der Waals surface area (Å²) in [5, 5.41) is -0.308. The molecule has 3 rings (SSSR count). The van der Waals surface area contributed by atoms with Crippen molar-refractivity contribution in [3.8, 4) is 17.2 Å². The Bertz CT molecular complexity index is 1040. The zero-order chi connectivity index (χ0) is 22.5. The van der Waals surface area contributed by atoms with Crippen LogP contribution >= 0.6 is 27.7 Å². The molecule has 1 saturated heterocycles. The van der Waals surface area contributed by atoms with Crippen molar-refractivity contribution in [1.82, 2.24) is 4.90 Å². The summed E-state index contributed by atoms with van der Waals surface area (Å²) in [6.07, 6.45) is 1.68. The van der Waals surface area contributed by atoms with Gasteiger partial charge < -0.3 is 14.2 Å². The standard InChI is InChI=1S/C23H24BrNO5S/c1-5-29-21-17(24)11-16(12-19(21)28-4)13-20-22(26)25(23(27)31-20)8-9-30-18-10-14(2)6-7-15(18)3/h6-7,10-13H,5,8-9H2,1-4H3/b20-13-. The molecule has 0 unspecified atom stereocenters. The quantitative estimate of drug-likeness (QED) is 0.435. The molecule has 2 amide bonds. The fraction of sp³-hybridized carbons (Fsp3) is 0.304. The van der Waals surface area contributed by atoms with E-state index in [-0.39, 0.29) is 24.3 Å². The number of rotatable bonds is 8. The molecule has 8 heteroatoms. The summed E-state index contributed by atoms with van der Waals surface area (Å²) >= 11 is 4.39. The lowest BCUT2D eigenvalue weighted by atomic mass is 10.1. The van der Waals surface area contributed by atoms with Crippen molar-refractivity contribution in [2.45, 2.75) is 20.8 Å². The summed E-state index contributed by atoms with van der Waals surface area (Å²) in [5.41, 5.74) is 2.82. The number of aryl methyl sites for hydroxylation is 2. The molecule has 2 aromatic carbocycles. The summed E-state index contributed by atoms with van der Waals surface area (Å²) in [7, 11) is 1.55. The summed E-state index contributed by atoms with van der Waals surface area (Å²) in [6, 6.07) is 9.53. The van der Waals surface area contributed by atoms with Gasteiger partial charge in [0.2, 0.25) is 0 Å². The van der Waals surface area contributed by atoms with Crippen LogP contribution in [0.3, 0.4) is 0 Å². The van der Waals surface area contributed by atoms with Crippen molar-refractivity contribution < 1.29 is 23.8 Å². The van der Waals surface area contributed by atoms with Gasteiger partial charge in [0.1, 0.15) is 12.4 Å². The highest BCUT2D eigenvalue weighted by Crippen LogP contribution is 2.39. The van der Waals surface area contributed by atoms with Gasteiger partial charge in [-0.05, 0) is 89.4 Å². The number of nitrogens with zero attached hydrogens (tertiary/aromatic N) is 1. The van der Waals surface area contributed by atoms with Crippen LogP contribution < -0.4 is 14.2 Å². The number of methoxy groups -OCH3 is 1. The highest BCUT2D eigenvalue weighted by atomic mass is 79.9. The third-order valence-corrected chi connectivity index (χ3v) is 6.12. The average molecular weight is 506 g/mol. The Labute approximate surface area is 194 Å². The first-order valence-corrected chi connectivity index (χ1v) is 11.4. The summed E-state index contributed by atoms with van der Waals surface area (Å²) in [5.74, 6) is 1.57. The lowest BCUT2D eigenvalue weighted by Crippen LogP contribution is -2.32. The lowest BCUT2D eigenvalue weighted by Gasteiger charge is -2.14. The number of thioether (sulfide) groups is 1. The van der Waals surface area contributed by atoms with Crippen molar-refractivity contribution in [2.24, 2.45) is 0 Å². The molecule has 2 aromatic rings. The fourth-order valence-corrected chi connectivity index (χ4v) is 4.50. The van der Waals surface area contributed by atoms with Gasteiger partial charge in [0.25, 0.3) is 11.1 Å². The second kappa shape index (κ2) is 10.2. The van der Waals surface area contributed by atoms with Gasteiger partial charge in [-0.2, -0.15) is 0 Å². The number of hydrogen-bond donors (Lipinski definition) is 0. The Balaban J connectivity index is 1.71. The van der Waals surface area contributed by atoms with Crippen molar-refractivity contribution in [1.29, 1.82) is 0 Å². The Morgan fingerprint density at radius 2 is 1.87 bits per heavy atom. The van der Waals surface area contributed by atoms with E-state index in [4.69, 9.17) is 14.2 Å². The van der Waals surface area contributed by atoms with Gasteiger partial charge >= 0.3 is 0 Å². The van der Waals surface area contributed by atoms with E-state index in [2.05, 4.69) is 15.9 Å². The Morgan fingerprint density at radius 1 is 1.10 bits per heavy atom. The summed E-state index contributed by atoms with van der Waals surface area (Å²) in [6.45, 7) is 6.75. The number of imide groups is 1. The number of benzene rings is 2. The van der Waals surface area contributed by atoms with E-state index in [9.17, 15) is 9.59 Å². The Morgan fingerprint density at radius 3 is 2.58 bits per heavy atom. The van der Waals surface area contributed by atoms with Gasteiger partial charge in [-0.15, -0.1) is 0 Å². The lowest BCUT2D eigenvalue weighted by molar-refractivity contribution is -0.123. The molecule has 1 aliphatic rings. The molecule has 0 N–H and O–H groups in total. The van der Waals surface area contributed by atoms with Crippen molar-refractivity contribution in [3.63, 3.8) is 0 Å². The Hall–Kier alpha value is -2.45. The number of amides is 2. The van der Waals surface area contributed by atoms with Crippen LogP contribution in [0.2, 0.25) is 0 Å². The molecule has 0 spiro atoms. The van der Waals surface area contributed by atoms with Crippen molar-refractivity contribution in [2.75, 3.05) is 26.9 Å². The minimum Gasteiger partial charge on any atom is -0.493 e. The monoisotopic (exact) mass is 505 g/mol. The van der Waals surface area contributed by atoms with Gasteiger partial charge in [-0.1, -0.05) is 12.1 Å². The van der Waals surface area contributed by atoms with Crippen molar-refractivity contribution >= 4 is 44.9 Å². The highest BCUT2D eigenvalue weighted by Gasteiger charge is 2.35. The maximum Gasteiger partial charge on any atom is 0.293 e. The van der Waals surface area contributed by atoms with Crippen LogP contribution in [0.5, 0.6) is 17.2 Å². The average Bonchev–Trinajstić information content (AvgIpc) is 2.99. The SMILES string of the molecule is CCOc1c(Br)cc(/C=C2\SC(=O)N(CCOc3cc(C)ccc3C)C2=O)cc1OC. The number of halogens is 1. The molecule has 1 fully saturated rings. The van der Waals surface area contributed by atoms with Gasteiger partial charge in [0.05, 0.1) is 29.6 Å². The topological polar surface area (TPSA) is 65.1 Å². The second-order valence-electron chi connectivity index (χ2n) is 6.92. The first-order chi connectivity index (χ1) is 14.8. The molecule has 1 heterocycles. The molecule has 6 nitrogen and oxygen atoms in total. The normalized spacial score (nSPS) is 15.0. The summed E-state index contributed by atoms with van der Waals surface area (Å²) < 4.78 is 17.5. The van der Waals surface area contributed by atoms with Crippen LogP contribution in [0.15, 0.2) is 39.7 Å². The number of ether oxygens (including phenoxy) is 3. The largest absolute Gasteiger partial charge is 0.493 e. The zero-order valence-electron chi connectivity index (χ0n) is 17.9. The predicted molar refractivity (Wildman–Crippen MR) is 126 cm³/mol. The maximum absolute atomic E-state index is 12.8. The fourth-order valence-electron chi connectivity index (χ4n) is 3.06. The highest BCUT2D eigenvalue weighted by molar-refractivity contribution is 9.10. The first kappa shape index (κ1) is 23.2. The molecule has 0 aromatic heterocycles. The van der Waals surface area contributed by atoms with E-state index < -0.39 is 0 Å². The number of carbonyl (C=O) groups excluding carboxylic acids is 2. The molecule has 1 aliphatic heterocycles. The first-order valence-electron chi connectivity index (χ1n) is 9.79. The molecule has 164 valence electrons. The van der Waals surface area contributed by atoms with Crippen LogP contribution in [0.4, 0.5) is 4.79 Å². The molecule has 0 atom stereocenters. The van der Waals surface area contributed by atoms with Crippen LogP contribution in [0.1, 0.15) is 23.6 Å². The molecular formula is C23H24BrNO5S.